The molecule has 108 valence electrons. The Hall–Kier alpha value is -2.14. The van der Waals surface area contributed by atoms with Crippen molar-refractivity contribution in [1.29, 1.82) is 0 Å². The lowest BCUT2D eigenvalue weighted by Gasteiger charge is -2.05. The Kier molecular flexibility index (Phi) is 4.31. The molecule has 0 fully saturated rings. The molecule has 0 saturated heterocycles. The highest BCUT2D eigenvalue weighted by molar-refractivity contribution is 7.13. The number of aryl methyl sites for hydroxylation is 1. The molecular weight excluding hydrogens is 282 g/mol. The first kappa shape index (κ1) is 13.8. The van der Waals surface area contributed by atoms with Gasteiger partial charge in [0.2, 0.25) is 0 Å². The molecule has 5 heteroatoms. The summed E-state index contributed by atoms with van der Waals surface area (Å²) in [6.45, 7) is 2.94. The van der Waals surface area contributed by atoms with Crippen molar-refractivity contribution in [1.82, 2.24) is 10.1 Å². The number of benzene rings is 1. The lowest BCUT2D eigenvalue weighted by Crippen LogP contribution is -2.05. The lowest BCUT2D eigenvalue weighted by atomic mass is 10.1. The van der Waals surface area contributed by atoms with Gasteiger partial charge in [-0.25, -0.2) is 0 Å². The van der Waals surface area contributed by atoms with E-state index in [4.69, 9.17) is 4.52 Å². The molecule has 0 saturated carbocycles. The van der Waals surface area contributed by atoms with Gasteiger partial charge < -0.3 is 9.84 Å². The summed E-state index contributed by atoms with van der Waals surface area (Å²) in [4.78, 5) is 5.41. The maximum Gasteiger partial charge on any atom is 0.267 e. The molecule has 3 aromatic rings. The molecule has 2 heterocycles. The number of anilines is 1. The summed E-state index contributed by atoms with van der Waals surface area (Å²) < 4.78 is 5.26. The van der Waals surface area contributed by atoms with Crippen LogP contribution in [0.5, 0.6) is 0 Å². The molecule has 0 radical (unpaired) electrons. The Morgan fingerprint density at radius 3 is 2.76 bits per heavy atom. The van der Waals surface area contributed by atoms with Crippen LogP contribution < -0.4 is 5.32 Å². The van der Waals surface area contributed by atoms with Crippen molar-refractivity contribution in [3.8, 4) is 10.8 Å². The van der Waals surface area contributed by atoms with Crippen LogP contribution in [0.3, 0.4) is 0 Å². The van der Waals surface area contributed by atoms with Gasteiger partial charge in [0.1, 0.15) is 0 Å². The fourth-order valence-corrected chi connectivity index (χ4v) is 2.68. The molecule has 4 nitrogen and oxygen atoms in total. The fraction of sp³-hybridized carbons (Fsp3) is 0.250. The second-order valence-corrected chi connectivity index (χ2v) is 5.67. The summed E-state index contributed by atoms with van der Waals surface area (Å²) in [6, 6.07) is 12.5. The van der Waals surface area contributed by atoms with E-state index in [1.165, 1.54) is 5.56 Å². The van der Waals surface area contributed by atoms with Crippen LogP contribution in [0.15, 0.2) is 46.3 Å². The zero-order valence-corrected chi connectivity index (χ0v) is 12.7. The molecule has 0 amide bonds. The predicted molar refractivity (Wildman–Crippen MR) is 85.6 cm³/mol. The fourth-order valence-electron chi connectivity index (χ4n) is 2.03. The van der Waals surface area contributed by atoms with Gasteiger partial charge in [0.25, 0.3) is 5.89 Å². The van der Waals surface area contributed by atoms with Crippen LogP contribution in [0.25, 0.3) is 10.8 Å². The van der Waals surface area contributed by atoms with Gasteiger partial charge in [-0.15, -0.1) is 11.3 Å². The lowest BCUT2D eigenvalue weighted by molar-refractivity contribution is 0.424. The van der Waals surface area contributed by atoms with Crippen molar-refractivity contribution in [2.24, 2.45) is 0 Å². The molecule has 0 atom stereocenters. The third-order valence-electron chi connectivity index (χ3n) is 3.24. The molecule has 2 aromatic heterocycles. The zero-order chi connectivity index (χ0) is 14.5. The molecule has 0 aliphatic carbocycles. The highest BCUT2D eigenvalue weighted by atomic mass is 32.1. The van der Waals surface area contributed by atoms with Crippen LogP contribution in [-0.2, 0) is 12.8 Å². The minimum atomic E-state index is 0.604. The van der Waals surface area contributed by atoms with E-state index in [9.17, 15) is 0 Å². The topological polar surface area (TPSA) is 51.0 Å². The van der Waals surface area contributed by atoms with Crippen LogP contribution >= 0.6 is 11.3 Å². The number of nitrogens with zero attached hydrogens (tertiary/aromatic N) is 2. The van der Waals surface area contributed by atoms with Gasteiger partial charge in [-0.3, -0.25) is 0 Å². The van der Waals surface area contributed by atoms with Crippen molar-refractivity contribution in [3.05, 3.63) is 53.2 Å². The molecular formula is C16H17N3OS. The summed E-state index contributed by atoms with van der Waals surface area (Å²) in [5, 5.41) is 9.38. The maximum atomic E-state index is 5.26. The van der Waals surface area contributed by atoms with E-state index in [2.05, 4.69) is 46.6 Å². The van der Waals surface area contributed by atoms with Gasteiger partial charge >= 0.3 is 0 Å². The van der Waals surface area contributed by atoms with Gasteiger partial charge in [0.15, 0.2) is 5.82 Å². The van der Waals surface area contributed by atoms with Crippen molar-refractivity contribution in [3.63, 3.8) is 0 Å². The largest absolute Gasteiger partial charge is 0.385 e. The molecule has 3 rings (SSSR count). The normalized spacial score (nSPS) is 10.7. The van der Waals surface area contributed by atoms with Crippen LogP contribution in [0, 0.1) is 0 Å². The van der Waals surface area contributed by atoms with Gasteiger partial charge in [0.05, 0.1) is 4.88 Å². The number of thiophene rings is 1. The molecule has 1 aromatic carbocycles. The number of aromatic nitrogens is 2. The number of hydrogen-bond acceptors (Lipinski definition) is 5. The third kappa shape index (κ3) is 3.49. The van der Waals surface area contributed by atoms with Crippen LogP contribution in [0.1, 0.15) is 18.3 Å². The average Bonchev–Trinajstić information content (AvgIpc) is 3.19. The smallest absolute Gasteiger partial charge is 0.267 e. The first-order valence-electron chi connectivity index (χ1n) is 7.04. The van der Waals surface area contributed by atoms with Crippen molar-refractivity contribution < 1.29 is 4.52 Å². The Morgan fingerprint density at radius 2 is 2.05 bits per heavy atom. The van der Waals surface area contributed by atoms with Crippen molar-refractivity contribution in [2.45, 2.75) is 19.8 Å². The molecule has 0 aliphatic heterocycles. The minimum Gasteiger partial charge on any atom is -0.385 e. The number of nitrogens with one attached hydrogen (secondary N) is 1. The molecule has 0 unspecified atom stereocenters. The molecule has 0 bridgehead atoms. The summed E-state index contributed by atoms with van der Waals surface area (Å²) in [5.74, 6) is 1.34. The van der Waals surface area contributed by atoms with Crippen molar-refractivity contribution >= 4 is 17.0 Å². The van der Waals surface area contributed by atoms with E-state index in [0.717, 1.165) is 35.8 Å². The number of rotatable bonds is 6. The van der Waals surface area contributed by atoms with E-state index >= 15 is 0 Å². The van der Waals surface area contributed by atoms with E-state index in [-0.39, 0.29) is 0 Å². The van der Waals surface area contributed by atoms with Gasteiger partial charge in [0, 0.05) is 18.7 Å². The Bertz CT molecular complexity index is 674. The summed E-state index contributed by atoms with van der Waals surface area (Å²) in [5.41, 5.74) is 2.47. The monoisotopic (exact) mass is 299 g/mol. The predicted octanol–water partition coefficient (Wildman–Crippen LogP) is 4.02. The standard InChI is InChI=1S/C16H17N3OS/c1-2-12-5-7-13(8-6-12)17-10-9-15-18-16(20-19-15)14-4-3-11-21-14/h3-8,11,17H,2,9-10H2,1H3. The second-order valence-electron chi connectivity index (χ2n) is 4.72. The van der Waals surface area contributed by atoms with E-state index in [1.807, 2.05) is 17.5 Å². The molecule has 0 aliphatic rings. The zero-order valence-electron chi connectivity index (χ0n) is 11.9. The Morgan fingerprint density at radius 1 is 1.19 bits per heavy atom. The van der Waals surface area contributed by atoms with Crippen LogP contribution in [-0.4, -0.2) is 16.7 Å². The SMILES string of the molecule is CCc1ccc(NCCc2noc(-c3cccs3)n2)cc1. The minimum absolute atomic E-state index is 0.604. The summed E-state index contributed by atoms with van der Waals surface area (Å²) in [7, 11) is 0. The molecule has 1 N–H and O–H groups in total. The van der Waals surface area contributed by atoms with Gasteiger partial charge in [-0.2, -0.15) is 4.98 Å². The molecule has 21 heavy (non-hydrogen) atoms. The van der Waals surface area contributed by atoms with E-state index in [0.29, 0.717) is 5.89 Å². The quantitative estimate of drug-likeness (QED) is 0.747. The maximum absolute atomic E-state index is 5.26. The Labute approximate surface area is 127 Å². The van der Waals surface area contributed by atoms with Crippen LogP contribution in [0.4, 0.5) is 5.69 Å². The Balaban J connectivity index is 1.53. The average molecular weight is 299 g/mol. The van der Waals surface area contributed by atoms with Crippen LogP contribution in [0.2, 0.25) is 0 Å². The number of hydrogen-bond donors (Lipinski definition) is 1. The second kappa shape index (κ2) is 6.54. The first-order chi connectivity index (χ1) is 10.3. The molecule has 0 spiro atoms. The third-order valence-corrected chi connectivity index (χ3v) is 4.10. The summed E-state index contributed by atoms with van der Waals surface area (Å²) >= 11 is 1.60. The van der Waals surface area contributed by atoms with E-state index < -0.39 is 0 Å². The van der Waals surface area contributed by atoms with E-state index in [1.54, 1.807) is 11.3 Å². The highest BCUT2D eigenvalue weighted by Gasteiger charge is 2.08. The van der Waals surface area contributed by atoms with Gasteiger partial charge in [-0.1, -0.05) is 30.3 Å². The highest BCUT2D eigenvalue weighted by Crippen LogP contribution is 2.22. The van der Waals surface area contributed by atoms with Crippen molar-refractivity contribution in [2.75, 3.05) is 11.9 Å². The van der Waals surface area contributed by atoms with Gasteiger partial charge in [-0.05, 0) is 35.6 Å². The summed E-state index contributed by atoms with van der Waals surface area (Å²) in [6.07, 6.45) is 1.80. The first-order valence-corrected chi connectivity index (χ1v) is 7.92.